The Balaban J connectivity index is 2.42. The topological polar surface area (TPSA) is 63.4 Å². The molecule has 0 aliphatic heterocycles. The fourth-order valence-corrected chi connectivity index (χ4v) is 4.86. The van der Waals surface area contributed by atoms with E-state index in [1.165, 1.54) is 4.31 Å². The quantitative estimate of drug-likeness (QED) is 0.794. The van der Waals surface area contributed by atoms with Gasteiger partial charge in [-0.2, -0.15) is 4.31 Å². The Labute approximate surface area is 137 Å². The summed E-state index contributed by atoms with van der Waals surface area (Å²) in [5.41, 5.74) is 6.14. The molecule has 1 heterocycles. The molecule has 0 fully saturated rings. The van der Waals surface area contributed by atoms with Crippen molar-refractivity contribution in [2.75, 3.05) is 5.73 Å². The third kappa shape index (κ3) is 3.66. The Morgan fingerprint density at radius 1 is 1.33 bits per heavy atom. The van der Waals surface area contributed by atoms with Gasteiger partial charge in [-0.05, 0) is 43.5 Å². The van der Waals surface area contributed by atoms with E-state index in [0.29, 0.717) is 6.54 Å². The van der Waals surface area contributed by atoms with Gasteiger partial charge in [-0.3, -0.25) is 0 Å². The third-order valence-electron chi connectivity index (χ3n) is 3.03. The highest BCUT2D eigenvalue weighted by Crippen LogP contribution is 2.28. The SMILES string of the molecule is CC(C)N(Cc1cccs1)S(=O)(=O)c1ccc(Br)cc1N. The molecule has 0 atom stereocenters. The van der Waals surface area contributed by atoms with Crippen molar-refractivity contribution in [3.05, 3.63) is 45.1 Å². The van der Waals surface area contributed by atoms with Gasteiger partial charge in [-0.1, -0.05) is 22.0 Å². The van der Waals surface area contributed by atoms with Gasteiger partial charge >= 0.3 is 0 Å². The average molecular weight is 389 g/mol. The first kappa shape index (κ1) is 16.5. The number of nitrogens with zero attached hydrogens (tertiary/aromatic N) is 1. The number of nitrogen functional groups attached to an aromatic ring is 1. The zero-order chi connectivity index (χ0) is 15.6. The molecule has 0 spiro atoms. The molecule has 0 radical (unpaired) electrons. The van der Waals surface area contributed by atoms with E-state index in [2.05, 4.69) is 15.9 Å². The van der Waals surface area contributed by atoms with Crippen LogP contribution in [0.15, 0.2) is 45.1 Å². The van der Waals surface area contributed by atoms with E-state index in [0.717, 1.165) is 9.35 Å². The highest BCUT2D eigenvalue weighted by atomic mass is 79.9. The molecule has 21 heavy (non-hydrogen) atoms. The second kappa shape index (κ2) is 6.48. The number of nitrogens with two attached hydrogens (primary N) is 1. The van der Waals surface area contributed by atoms with Crippen LogP contribution in [0.5, 0.6) is 0 Å². The van der Waals surface area contributed by atoms with E-state index in [9.17, 15) is 8.42 Å². The molecule has 7 heteroatoms. The summed E-state index contributed by atoms with van der Waals surface area (Å²) in [6.07, 6.45) is 0. The fourth-order valence-electron chi connectivity index (χ4n) is 1.98. The maximum atomic E-state index is 12.9. The van der Waals surface area contributed by atoms with Crippen LogP contribution in [0.4, 0.5) is 5.69 Å². The Kier molecular flexibility index (Phi) is 5.08. The van der Waals surface area contributed by atoms with Gasteiger partial charge < -0.3 is 5.73 Å². The first-order valence-electron chi connectivity index (χ1n) is 6.41. The normalized spacial score (nSPS) is 12.2. The van der Waals surface area contributed by atoms with E-state index in [1.807, 2.05) is 31.4 Å². The molecule has 2 rings (SSSR count). The van der Waals surface area contributed by atoms with Crippen molar-refractivity contribution in [3.8, 4) is 0 Å². The van der Waals surface area contributed by atoms with Crippen LogP contribution in [0.25, 0.3) is 0 Å². The molecule has 1 aromatic carbocycles. The third-order valence-corrected chi connectivity index (χ3v) is 6.48. The number of benzene rings is 1. The summed E-state index contributed by atoms with van der Waals surface area (Å²) in [7, 11) is -3.63. The Bertz CT molecular complexity index is 713. The Morgan fingerprint density at radius 2 is 2.05 bits per heavy atom. The summed E-state index contributed by atoms with van der Waals surface area (Å²) in [5.74, 6) is 0. The maximum absolute atomic E-state index is 12.9. The predicted molar refractivity (Wildman–Crippen MR) is 90.7 cm³/mol. The first-order valence-corrected chi connectivity index (χ1v) is 9.53. The summed E-state index contributed by atoms with van der Waals surface area (Å²) >= 11 is 4.83. The van der Waals surface area contributed by atoms with Crippen LogP contribution in [0.2, 0.25) is 0 Å². The molecule has 2 aromatic rings. The molecule has 4 nitrogen and oxygen atoms in total. The second-order valence-corrected chi connectivity index (χ2v) is 8.71. The van der Waals surface area contributed by atoms with Crippen LogP contribution in [0.1, 0.15) is 18.7 Å². The summed E-state index contributed by atoms with van der Waals surface area (Å²) in [6, 6.07) is 8.53. The molecule has 0 bridgehead atoms. The Hall–Kier alpha value is -0.890. The van der Waals surface area contributed by atoms with Gasteiger partial charge in [0.2, 0.25) is 10.0 Å². The lowest BCUT2D eigenvalue weighted by Gasteiger charge is -2.26. The molecule has 2 N–H and O–H groups in total. The van der Waals surface area contributed by atoms with Crippen molar-refractivity contribution < 1.29 is 8.42 Å². The summed E-state index contributed by atoms with van der Waals surface area (Å²) in [6.45, 7) is 4.08. The second-order valence-electron chi connectivity index (χ2n) is 4.91. The largest absolute Gasteiger partial charge is 0.398 e. The minimum Gasteiger partial charge on any atom is -0.398 e. The maximum Gasteiger partial charge on any atom is 0.245 e. The lowest BCUT2D eigenvalue weighted by molar-refractivity contribution is 0.350. The van der Waals surface area contributed by atoms with Crippen LogP contribution in [0, 0.1) is 0 Å². The minimum atomic E-state index is -3.63. The minimum absolute atomic E-state index is 0.149. The van der Waals surface area contributed by atoms with Crippen LogP contribution >= 0.6 is 27.3 Å². The highest BCUT2D eigenvalue weighted by Gasteiger charge is 2.29. The molecular formula is C14H17BrN2O2S2. The van der Waals surface area contributed by atoms with Gasteiger partial charge in [0.15, 0.2) is 0 Å². The molecule has 0 amide bonds. The number of sulfonamides is 1. The molecule has 0 saturated heterocycles. The first-order chi connectivity index (χ1) is 9.82. The van der Waals surface area contributed by atoms with E-state index in [-0.39, 0.29) is 16.6 Å². The number of thiophene rings is 1. The lowest BCUT2D eigenvalue weighted by Crippen LogP contribution is -2.36. The lowest BCUT2D eigenvalue weighted by atomic mass is 10.3. The number of halogens is 1. The van der Waals surface area contributed by atoms with Gasteiger partial charge in [0, 0.05) is 21.9 Å². The molecule has 0 aliphatic rings. The van der Waals surface area contributed by atoms with Crippen LogP contribution in [-0.4, -0.2) is 18.8 Å². The van der Waals surface area contributed by atoms with E-state index in [4.69, 9.17) is 5.73 Å². The van der Waals surface area contributed by atoms with Gasteiger partial charge in [0.05, 0.1) is 5.69 Å². The van der Waals surface area contributed by atoms with Crippen LogP contribution < -0.4 is 5.73 Å². The van der Waals surface area contributed by atoms with Crippen LogP contribution in [-0.2, 0) is 16.6 Å². The summed E-state index contributed by atoms with van der Waals surface area (Å²) in [5, 5.41) is 1.94. The van der Waals surface area contributed by atoms with Crippen molar-refractivity contribution in [1.29, 1.82) is 0 Å². The van der Waals surface area contributed by atoms with Crippen molar-refractivity contribution in [3.63, 3.8) is 0 Å². The molecular weight excluding hydrogens is 372 g/mol. The number of hydrogen-bond donors (Lipinski definition) is 1. The molecule has 114 valence electrons. The van der Waals surface area contributed by atoms with Crippen molar-refractivity contribution in [1.82, 2.24) is 4.31 Å². The molecule has 1 aromatic heterocycles. The summed E-state index contributed by atoms with van der Waals surface area (Å²) in [4.78, 5) is 1.15. The highest BCUT2D eigenvalue weighted by molar-refractivity contribution is 9.10. The van der Waals surface area contributed by atoms with Crippen molar-refractivity contribution in [2.24, 2.45) is 0 Å². The fraction of sp³-hybridized carbons (Fsp3) is 0.286. The monoisotopic (exact) mass is 388 g/mol. The zero-order valence-electron chi connectivity index (χ0n) is 11.8. The molecule has 0 saturated carbocycles. The molecule has 0 aliphatic carbocycles. The van der Waals surface area contributed by atoms with Crippen molar-refractivity contribution >= 4 is 43.0 Å². The van der Waals surface area contributed by atoms with Gasteiger partial charge in [-0.25, -0.2) is 8.42 Å². The number of hydrogen-bond acceptors (Lipinski definition) is 4. The number of anilines is 1. The van der Waals surface area contributed by atoms with E-state index >= 15 is 0 Å². The average Bonchev–Trinajstić information content (AvgIpc) is 2.87. The molecule has 0 unspecified atom stereocenters. The van der Waals surface area contributed by atoms with E-state index in [1.54, 1.807) is 29.5 Å². The smallest absolute Gasteiger partial charge is 0.245 e. The van der Waals surface area contributed by atoms with E-state index < -0.39 is 10.0 Å². The van der Waals surface area contributed by atoms with Crippen molar-refractivity contribution in [2.45, 2.75) is 31.3 Å². The van der Waals surface area contributed by atoms with Gasteiger partial charge in [-0.15, -0.1) is 11.3 Å². The Morgan fingerprint density at radius 3 is 2.57 bits per heavy atom. The predicted octanol–water partition coefficient (Wildman–Crippen LogP) is 3.69. The standard InChI is InChI=1S/C14H17BrN2O2S2/c1-10(2)17(9-12-4-3-7-20-12)21(18,19)14-6-5-11(15)8-13(14)16/h3-8,10H,9,16H2,1-2H3. The van der Waals surface area contributed by atoms with Crippen LogP contribution in [0.3, 0.4) is 0 Å². The zero-order valence-corrected chi connectivity index (χ0v) is 15.0. The van der Waals surface area contributed by atoms with Gasteiger partial charge in [0.25, 0.3) is 0 Å². The number of rotatable bonds is 5. The summed E-state index contributed by atoms with van der Waals surface area (Å²) < 4.78 is 28.0. The van der Waals surface area contributed by atoms with Gasteiger partial charge in [0.1, 0.15) is 4.90 Å².